The first-order valence-electron chi connectivity index (χ1n) is 4.97. The van der Waals surface area contributed by atoms with Crippen LogP contribution in [0.2, 0.25) is 0 Å². The molecule has 0 saturated carbocycles. The van der Waals surface area contributed by atoms with E-state index in [1.807, 2.05) is 31.2 Å². The van der Waals surface area contributed by atoms with Crippen molar-refractivity contribution < 1.29 is 4.79 Å². The maximum atomic E-state index is 10.4. The molecule has 74 valence electrons. The Hall–Kier alpha value is -1.37. The molecule has 0 bridgehead atoms. The van der Waals surface area contributed by atoms with E-state index >= 15 is 0 Å². The van der Waals surface area contributed by atoms with Gasteiger partial charge in [-0.25, -0.2) is 0 Å². The number of allylic oxidation sites excluding steroid dienone is 2. The van der Waals surface area contributed by atoms with Gasteiger partial charge >= 0.3 is 0 Å². The first kappa shape index (κ1) is 10.7. The zero-order chi connectivity index (χ0) is 10.2. The Labute approximate surface area is 85.5 Å². The molecule has 1 aromatic carbocycles. The maximum absolute atomic E-state index is 10.4. The van der Waals surface area contributed by atoms with Crippen LogP contribution in [0.4, 0.5) is 0 Å². The van der Waals surface area contributed by atoms with Crippen LogP contribution in [0.25, 0.3) is 0 Å². The summed E-state index contributed by atoms with van der Waals surface area (Å²) in [6, 6.07) is 10.3. The predicted octanol–water partition coefficient (Wildman–Crippen LogP) is 3.01. The molecule has 0 radical (unpaired) electrons. The van der Waals surface area contributed by atoms with Gasteiger partial charge in [0.25, 0.3) is 0 Å². The first-order chi connectivity index (χ1) is 6.86. The normalized spacial score (nSPS) is 12.9. The molecule has 0 aromatic heterocycles. The van der Waals surface area contributed by atoms with Crippen molar-refractivity contribution in [1.29, 1.82) is 0 Å². The summed E-state index contributed by atoms with van der Waals surface area (Å²) >= 11 is 0. The van der Waals surface area contributed by atoms with Crippen LogP contribution < -0.4 is 0 Å². The summed E-state index contributed by atoms with van der Waals surface area (Å²) < 4.78 is 0. The lowest BCUT2D eigenvalue weighted by molar-refractivity contribution is -0.108. The van der Waals surface area contributed by atoms with Gasteiger partial charge in [-0.1, -0.05) is 42.5 Å². The fourth-order valence-corrected chi connectivity index (χ4v) is 1.54. The standard InChI is InChI=1S/C13H16O/c1-2-6-12(9-10-14)11-13-7-4-3-5-8-13/h2-8,10,12H,9,11H2,1H3/b6-2+/t12-/m0/s1. The molecule has 1 atom stereocenters. The van der Waals surface area contributed by atoms with Crippen molar-refractivity contribution in [2.75, 3.05) is 0 Å². The average Bonchev–Trinajstić information content (AvgIpc) is 2.20. The molecule has 0 N–H and O–H groups in total. The highest BCUT2D eigenvalue weighted by Gasteiger charge is 2.04. The van der Waals surface area contributed by atoms with E-state index in [-0.39, 0.29) is 0 Å². The van der Waals surface area contributed by atoms with E-state index in [9.17, 15) is 4.79 Å². The summed E-state index contributed by atoms with van der Waals surface area (Å²) in [6.07, 6.45) is 6.66. The fraction of sp³-hybridized carbons (Fsp3) is 0.308. The minimum Gasteiger partial charge on any atom is -0.303 e. The number of hydrogen-bond donors (Lipinski definition) is 0. The van der Waals surface area contributed by atoms with Gasteiger partial charge in [-0.15, -0.1) is 0 Å². The number of carbonyl (C=O) groups excluding carboxylic acids is 1. The summed E-state index contributed by atoms with van der Waals surface area (Å²) in [7, 11) is 0. The molecule has 1 heteroatoms. The number of aldehydes is 1. The molecule has 0 saturated heterocycles. The summed E-state index contributed by atoms with van der Waals surface area (Å²) in [5.41, 5.74) is 1.29. The minimum atomic E-state index is 0.347. The van der Waals surface area contributed by atoms with E-state index in [2.05, 4.69) is 18.2 Å². The SMILES string of the molecule is C/C=C/[C@@H](CC=O)Cc1ccccc1. The second-order valence-electron chi connectivity index (χ2n) is 3.38. The van der Waals surface area contributed by atoms with Crippen molar-refractivity contribution in [3.05, 3.63) is 48.0 Å². The van der Waals surface area contributed by atoms with Crippen LogP contribution in [-0.2, 0) is 11.2 Å². The lowest BCUT2D eigenvalue weighted by Crippen LogP contribution is -2.01. The smallest absolute Gasteiger partial charge is 0.120 e. The van der Waals surface area contributed by atoms with Crippen molar-refractivity contribution in [3.63, 3.8) is 0 Å². The zero-order valence-electron chi connectivity index (χ0n) is 8.52. The van der Waals surface area contributed by atoms with Crippen molar-refractivity contribution in [1.82, 2.24) is 0 Å². The topological polar surface area (TPSA) is 17.1 Å². The molecule has 0 aliphatic rings. The highest BCUT2D eigenvalue weighted by atomic mass is 16.1. The molecule has 14 heavy (non-hydrogen) atoms. The van der Waals surface area contributed by atoms with Crippen molar-refractivity contribution in [2.24, 2.45) is 5.92 Å². The van der Waals surface area contributed by atoms with Crippen LogP contribution in [0.3, 0.4) is 0 Å². The minimum absolute atomic E-state index is 0.347. The quantitative estimate of drug-likeness (QED) is 0.513. The molecular formula is C13H16O. The van der Waals surface area contributed by atoms with Gasteiger partial charge in [0, 0.05) is 6.42 Å². The fourth-order valence-electron chi connectivity index (χ4n) is 1.54. The Kier molecular flexibility index (Phi) is 4.70. The largest absolute Gasteiger partial charge is 0.303 e. The van der Waals surface area contributed by atoms with Crippen LogP contribution >= 0.6 is 0 Å². The third kappa shape index (κ3) is 3.56. The zero-order valence-corrected chi connectivity index (χ0v) is 8.52. The second-order valence-corrected chi connectivity index (χ2v) is 3.38. The van der Waals surface area contributed by atoms with Crippen molar-refractivity contribution in [2.45, 2.75) is 19.8 Å². The number of rotatable bonds is 5. The molecule has 0 amide bonds. The van der Waals surface area contributed by atoms with E-state index in [0.29, 0.717) is 12.3 Å². The summed E-state index contributed by atoms with van der Waals surface area (Å²) in [5, 5.41) is 0. The molecule has 0 heterocycles. The summed E-state index contributed by atoms with van der Waals surface area (Å²) in [6.45, 7) is 1.99. The van der Waals surface area contributed by atoms with E-state index in [1.54, 1.807) is 0 Å². The molecule has 0 unspecified atom stereocenters. The Morgan fingerprint density at radius 1 is 1.29 bits per heavy atom. The number of benzene rings is 1. The van der Waals surface area contributed by atoms with Gasteiger partial charge < -0.3 is 4.79 Å². The lowest BCUT2D eigenvalue weighted by Gasteiger charge is -2.08. The number of hydrogen-bond acceptors (Lipinski definition) is 1. The molecule has 0 aliphatic carbocycles. The Morgan fingerprint density at radius 2 is 2.00 bits per heavy atom. The van der Waals surface area contributed by atoms with E-state index in [0.717, 1.165) is 12.7 Å². The summed E-state index contributed by atoms with van der Waals surface area (Å²) in [4.78, 5) is 10.4. The van der Waals surface area contributed by atoms with E-state index in [4.69, 9.17) is 0 Å². The van der Waals surface area contributed by atoms with Crippen LogP contribution in [-0.4, -0.2) is 6.29 Å². The Morgan fingerprint density at radius 3 is 2.57 bits per heavy atom. The third-order valence-corrected chi connectivity index (χ3v) is 2.20. The van der Waals surface area contributed by atoms with E-state index in [1.165, 1.54) is 5.56 Å². The van der Waals surface area contributed by atoms with Gasteiger partial charge in [-0.2, -0.15) is 0 Å². The van der Waals surface area contributed by atoms with Crippen LogP contribution in [0.5, 0.6) is 0 Å². The van der Waals surface area contributed by atoms with Crippen molar-refractivity contribution in [3.8, 4) is 0 Å². The Bertz CT molecular complexity index is 287. The highest BCUT2D eigenvalue weighted by Crippen LogP contribution is 2.12. The van der Waals surface area contributed by atoms with E-state index < -0.39 is 0 Å². The molecule has 0 spiro atoms. The van der Waals surface area contributed by atoms with Gasteiger partial charge in [0.15, 0.2) is 0 Å². The van der Waals surface area contributed by atoms with Gasteiger partial charge in [-0.3, -0.25) is 0 Å². The first-order valence-corrected chi connectivity index (χ1v) is 4.97. The monoisotopic (exact) mass is 188 g/mol. The van der Waals surface area contributed by atoms with Crippen molar-refractivity contribution >= 4 is 6.29 Å². The molecule has 0 aliphatic heterocycles. The molecule has 1 nitrogen and oxygen atoms in total. The van der Waals surface area contributed by atoms with Gasteiger partial charge in [0.2, 0.25) is 0 Å². The third-order valence-electron chi connectivity index (χ3n) is 2.20. The molecule has 1 rings (SSSR count). The second kappa shape index (κ2) is 6.14. The van der Waals surface area contributed by atoms with Crippen LogP contribution in [0, 0.1) is 5.92 Å². The number of carbonyl (C=O) groups is 1. The average molecular weight is 188 g/mol. The Balaban J connectivity index is 2.59. The van der Waals surface area contributed by atoms with Crippen LogP contribution in [0.1, 0.15) is 18.9 Å². The molecule has 0 fully saturated rings. The molecular weight excluding hydrogens is 172 g/mol. The lowest BCUT2D eigenvalue weighted by atomic mass is 9.96. The predicted molar refractivity (Wildman–Crippen MR) is 59.1 cm³/mol. The van der Waals surface area contributed by atoms with Gasteiger partial charge in [0.05, 0.1) is 0 Å². The highest BCUT2D eigenvalue weighted by molar-refractivity contribution is 5.50. The van der Waals surface area contributed by atoms with Gasteiger partial charge in [0.1, 0.15) is 6.29 Å². The van der Waals surface area contributed by atoms with Gasteiger partial charge in [-0.05, 0) is 24.8 Å². The maximum Gasteiger partial charge on any atom is 0.120 e. The molecule has 1 aromatic rings. The summed E-state index contributed by atoms with van der Waals surface area (Å²) in [5.74, 6) is 0.347. The van der Waals surface area contributed by atoms with Crippen LogP contribution in [0.15, 0.2) is 42.5 Å².